The van der Waals surface area contributed by atoms with Crippen LogP contribution in [-0.4, -0.2) is 26.2 Å². The number of carbonyl (C=O) groups is 1. The van der Waals surface area contributed by atoms with Crippen LogP contribution in [0.4, 0.5) is 0 Å². The molecule has 1 aromatic rings. The summed E-state index contributed by atoms with van der Waals surface area (Å²) < 4.78 is 5.00. The van der Waals surface area contributed by atoms with E-state index < -0.39 is 0 Å². The summed E-state index contributed by atoms with van der Waals surface area (Å²) in [5.74, 6) is 0.343. The molecule has 1 aromatic carbocycles. The molecule has 0 aliphatic carbocycles. The molecule has 1 unspecified atom stereocenters. The Morgan fingerprint density at radius 2 is 1.85 bits per heavy atom. The van der Waals surface area contributed by atoms with Crippen LogP contribution >= 0.6 is 0 Å². The highest BCUT2D eigenvalue weighted by Gasteiger charge is 2.23. The van der Waals surface area contributed by atoms with Crippen LogP contribution in [0.1, 0.15) is 43.7 Å². The molecule has 20 heavy (non-hydrogen) atoms. The van der Waals surface area contributed by atoms with E-state index in [0.717, 1.165) is 31.6 Å². The van der Waals surface area contributed by atoms with Crippen molar-refractivity contribution in [2.75, 3.05) is 20.3 Å². The van der Waals surface area contributed by atoms with E-state index in [1.54, 1.807) is 7.11 Å². The maximum Gasteiger partial charge on any atom is 0.227 e. The molecule has 0 aliphatic rings. The fourth-order valence-corrected chi connectivity index (χ4v) is 2.31. The molecular weight excluding hydrogens is 250 g/mol. The minimum Gasteiger partial charge on any atom is -0.385 e. The lowest BCUT2D eigenvalue weighted by atomic mass is 9.87. The van der Waals surface area contributed by atoms with E-state index in [1.807, 2.05) is 0 Å². The summed E-state index contributed by atoms with van der Waals surface area (Å²) in [6.07, 6.45) is 1.94. The van der Waals surface area contributed by atoms with Crippen molar-refractivity contribution < 1.29 is 9.53 Å². The number of amides is 1. The summed E-state index contributed by atoms with van der Waals surface area (Å²) in [4.78, 5) is 12.4. The quantitative estimate of drug-likeness (QED) is 0.741. The number of carbonyl (C=O) groups excluding carboxylic acids is 1. The molecule has 0 heterocycles. The lowest BCUT2D eigenvalue weighted by Gasteiger charge is -2.21. The van der Waals surface area contributed by atoms with Gasteiger partial charge < -0.3 is 10.1 Å². The van der Waals surface area contributed by atoms with Gasteiger partial charge in [0, 0.05) is 20.3 Å². The largest absolute Gasteiger partial charge is 0.385 e. The molecule has 0 radical (unpaired) electrons. The van der Waals surface area contributed by atoms with Gasteiger partial charge in [-0.15, -0.1) is 0 Å². The second kappa shape index (κ2) is 8.75. The van der Waals surface area contributed by atoms with Gasteiger partial charge in [0.15, 0.2) is 0 Å². The van der Waals surface area contributed by atoms with Gasteiger partial charge in [-0.05, 0) is 31.2 Å². The molecule has 1 amide bonds. The molecule has 0 saturated carbocycles. The lowest BCUT2D eigenvalue weighted by Crippen LogP contribution is -2.32. The first-order chi connectivity index (χ1) is 9.56. The highest BCUT2D eigenvalue weighted by atomic mass is 16.5. The van der Waals surface area contributed by atoms with Crippen LogP contribution in [0.2, 0.25) is 0 Å². The number of ether oxygens (including phenoxy) is 1. The van der Waals surface area contributed by atoms with Crippen molar-refractivity contribution in [1.82, 2.24) is 5.32 Å². The predicted octanol–water partition coefficient (Wildman–Crippen LogP) is 3.28. The highest BCUT2D eigenvalue weighted by Crippen LogP contribution is 2.24. The summed E-state index contributed by atoms with van der Waals surface area (Å²) in [7, 11) is 1.70. The van der Waals surface area contributed by atoms with Crippen molar-refractivity contribution in [2.45, 2.75) is 39.5 Å². The number of hydrogen-bond acceptors (Lipinski definition) is 2. The van der Waals surface area contributed by atoms with E-state index in [4.69, 9.17) is 4.74 Å². The number of hydrogen-bond donors (Lipinski definition) is 1. The van der Waals surface area contributed by atoms with E-state index in [9.17, 15) is 4.79 Å². The zero-order valence-electron chi connectivity index (χ0n) is 13.1. The third kappa shape index (κ3) is 5.33. The Hall–Kier alpha value is -1.35. The van der Waals surface area contributed by atoms with E-state index in [0.29, 0.717) is 0 Å². The van der Waals surface area contributed by atoms with Crippen molar-refractivity contribution in [2.24, 2.45) is 5.92 Å². The van der Waals surface area contributed by atoms with Gasteiger partial charge in [-0.25, -0.2) is 0 Å². The molecule has 1 rings (SSSR count). The fraction of sp³-hybridized carbons (Fsp3) is 0.588. The van der Waals surface area contributed by atoms with Gasteiger partial charge in [0.05, 0.1) is 5.92 Å². The molecule has 112 valence electrons. The molecule has 3 nitrogen and oxygen atoms in total. The average molecular weight is 277 g/mol. The summed E-state index contributed by atoms with van der Waals surface area (Å²) in [6.45, 7) is 7.72. The van der Waals surface area contributed by atoms with Crippen molar-refractivity contribution in [3.05, 3.63) is 35.4 Å². The van der Waals surface area contributed by atoms with Crippen LogP contribution in [0.3, 0.4) is 0 Å². The van der Waals surface area contributed by atoms with Crippen molar-refractivity contribution in [3.63, 3.8) is 0 Å². The average Bonchev–Trinajstić information content (AvgIpc) is 2.40. The van der Waals surface area contributed by atoms with Gasteiger partial charge in [0.2, 0.25) is 5.91 Å². The van der Waals surface area contributed by atoms with Crippen LogP contribution in [-0.2, 0) is 9.53 Å². The van der Waals surface area contributed by atoms with Crippen LogP contribution in [0.5, 0.6) is 0 Å². The van der Waals surface area contributed by atoms with E-state index in [-0.39, 0.29) is 17.7 Å². The molecule has 0 aliphatic heterocycles. The zero-order valence-corrected chi connectivity index (χ0v) is 13.1. The summed E-state index contributed by atoms with van der Waals surface area (Å²) in [5.41, 5.74) is 2.32. The number of unbranched alkanes of at least 4 members (excludes halogenated alkanes) is 1. The van der Waals surface area contributed by atoms with Gasteiger partial charge >= 0.3 is 0 Å². The van der Waals surface area contributed by atoms with Crippen molar-refractivity contribution in [3.8, 4) is 0 Å². The van der Waals surface area contributed by atoms with Gasteiger partial charge in [0.25, 0.3) is 0 Å². The Morgan fingerprint density at radius 3 is 2.40 bits per heavy atom. The topological polar surface area (TPSA) is 38.3 Å². The van der Waals surface area contributed by atoms with Gasteiger partial charge in [-0.3, -0.25) is 4.79 Å². The van der Waals surface area contributed by atoms with Crippen LogP contribution in [0.25, 0.3) is 0 Å². The van der Waals surface area contributed by atoms with Crippen LogP contribution < -0.4 is 5.32 Å². The van der Waals surface area contributed by atoms with E-state index in [1.165, 1.54) is 5.56 Å². The summed E-state index contributed by atoms with van der Waals surface area (Å²) in [5, 5.41) is 3.04. The second-order valence-electron chi connectivity index (χ2n) is 5.62. The molecule has 1 N–H and O–H groups in total. The molecule has 0 bridgehead atoms. The Balaban J connectivity index is 2.57. The first-order valence-corrected chi connectivity index (χ1v) is 7.39. The summed E-state index contributed by atoms with van der Waals surface area (Å²) in [6, 6.07) is 8.25. The standard InChI is InChI=1S/C17H27NO2/c1-13(2)16(15-9-7-14(3)8-10-15)17(19)18-11-5-6-12-20-4/h7-10,13,16H,5-6,11-12H2,1-4H3,(H,18,19). The minimum absolute atomic E-state index is 0.0713. The second-order valence-corrected chi connectivity index (χ2v) is 5.62. The maximum atomic E-state index is 12.4. The molecule has 0 aromatic heterocycles. The first kappa shape index (κ1) is 16.7. The van der Waals surface area contributed by atoms with Crippen LogP contribution in [0, 0.1) is 12.8 Å². The van der Waals surface area contributed by atoms with Crippen molar-refractivity contribution >= 4 is 5.91 Å². The predicted molar refractivity (Wildman–Crippen MR) is 82.9 cm³/mol. The number of benzene rings is 1. The van der Waals surface area contributed by atoms with E-state index >= 15 is 0 Å². The molecule has 1 atom stereocenters. The normalized spacial score (nSPS) is 12.4. The van der Waals surface area contributed by atoms with Gasteiger partial charge in [-0.1, -0.05) is 43.7 Å². The number of methoxy groups -OCH3 is 1. The first-order valence-electron chi connectivity index (χ1n) is 7.39. The molecule has 0 spiro atoms. The monoisotopic (exact) mass is 277 g/mol. The molecule has 3 heteroatoms. The Bertz CT molecular complexity index is 398. The van der Waals surface area contributed by atoms with Crippen molar-refractivity contribution in [1.29, 1.82) is 0 Å². The summed E-state index contributed by atoms with van der Waals surface area (Å²) >= 11 is 0. The number of nitrogens with one attached hydrogen (secondary N) is 1. The Morgan fingerprint density at radius 1 is 1.20 bits per heavy atom. The third-order valence-corrected chi connectivity index (χ3v) is 3.46. The SMILES string of the molecule is COCCCCNC(=O)C(c1ccc(C)cc1)C(C)C. The lowest BCUT2D eigenvalue weighted by molar-refractivity contribution is -0.123. The smallest absolute Gasteiger partial charge is 0.227 e. The molecular formula is C17H27NO2. The zero-order chi connectivity index (χ0) is 15.0. The minimum atomic E-state index is -0.0713. The van der Waals surface area contributed by atoms with Crippen LogP contribution in [0.15, 0.2) is 24.3 Å². The fourth-order valence-electron chi connectivity index (χ4n) is 2.31. The molecule has 0 saturated heterocycles. The third-order valence-electron chi connectivity index (χ3n) is 3.46. The van der Waals surface area contributed by atoms with Gasteiger partial charge in [-0.2, -0.15) is 0 Å². The maximum absolute atomic E-state index is 12.4. The highest BCUT2D eigenvalue weighted by molar-refractivity contribution is 5.83. The molecule has 0 fully saturated rings. The van der Waals surface area contributed by atoms with E-state index in [2.05, 4.69) is 50.4 Å². The Kier molecular flexibility index (Phi) is 7.31. The van der Waals surface area contributed by atoms with Gasteiger partial charge in [0.1, 0.15) is 0 Å². The number of aryl methyl sites for hydroxylation is 1. The number of rotatable bonds is 8. The Labute approximate surface area is 122 Å².